The monoisotopic (exact) mass is 548 g/mol. The Morgan fingerprint density at radius 2 is 1.67 bits per heavy atom. The number of hydrogen-bond acceptors (Lipinski definition) is 5. The standard InChI is InChI=1S/C27H26F6N6/c1-16-15-38(24-21(27(31,32)33)5-4-10-34-24)11-12-39(16)25-35-22-14-18(26(28,29)30)13-20(23(22)36-25)17-6-8-19(9-7-17)37(2)3/h4-10,13-14,16H,11-12,15H2,1-3H3,(H,35,36)/t16-/m1/s1. The number of anilines is 3. The van der Waals surface area contributed by atoms with Crippen molar-refractivity contribution in [3.63, 3.8) is 0 Å². The van der Waals surface area contributed by atoms with Crippen molar-refractivity contribution in [1.29, 1.82) is 0 Å². The van der Waals surface area contributed by atoms with Crippen LogP contribution in [0.4, 0.5) is 43.8 Å². The molecule has 5 rings (SSSR count). The van der Waals surface area contributed by atoms with Crippen LogP contribution in [0, 0.1) is 0 Å². The van der Waals surface area contributed by atoms with Gasteiger partial charge in [0, 0.05) is 57.2 Å². The van der Waals surface area contributed by atoms with Crippen LogP contribution in [0.25, 0.3) is 22.2 Å². The zero-order valence-electron chi connectivity index (χ0n) is 21.4. The average Bonchev–Trinajstić information content (AvgIpc) is 3.31. The number of pyridine rings is 1. The maximum absolute atomic E-state index is 13.8. The van der Waals surface area contributed by atoms with Crippen molar-refractivity contribution in [1.82, 2.24) is 15.0 Å². The van der Waals surface area contributed by atoms with E-state index in [1.807, 2.05) is 43.0 Å². The van der Waals surface area contributed by atoms with Crippen LogP contribution >= 0.6 is 0 Å². The van der Waals surface area contributed by atoms with E-state index in [2.05, 4.69) is 15.0 Å². The fourth-order valence-electron chi connectivity index (χ4n) is 4.90. The topological polar surface area (TPSA) is 51.3 Å². The highest BCUT2D eigenvalue weighted by Crippen LogP contribution is 2.39. The van der Waals surface area contributed by atoms with Gasteiger partial charge in [-0.05, 0) is 48.9 Å². The lowest BCUT2D eigenvalue weighted by Gasteiger charge is -2.40. The Balaban J connectivity index is 1.50. The molecule has 2 aromatic heterocycles. The Kier molecular flexibility index (Phi) is 6.59. The molecule has 0 spiro atoms. The Morgan fingerprint density at radius 1 is 0.949 bits per heavy atom. The molecule has 0 unspecified atom stereocenters. The molecule has 1 atom stereocenters. The number of aromatic nitrogens is 3. The number of H-pyrrole nitrogens is 1. The van der Waals surface area contributed by atoms with Crippen LogP contribution in [-0.4, -0.2) is 54.7 Å². The third-order valence-electron chi connectivity index (χ3n) is 6.89. The van der Waals surface area contributed by atoms with Crippen molar-refractivity contribution < 1.29 is 26.3 Å². The largest absolute Gasteiger partial charge is 0.419 e. The quantitative estimate of drug-likeness (QED) is 0.298. The maximum atomic E-state index is 13.8. The molecule has 1 fully saturated rings. The highest BCUT2D eigenvalue weighted by molar-refractivity contribution is 5.94. The second kappa shape index (κ2) is 9.65. The molecule has 0 saturated carbocycles. The summed E-state index contributed by atoms with van der Waals surface area (Å²) in [5.41, 5.74) is 0.825. The minimum atomic E-state index is -4.56. The highest BCUT2D eigenvalue weighted by Gasteiger charge is 2.38. The number of imidazole rings is 1. The van der Waals surface area contributed by atoms with Crippen molar-refractivity contribution in [2.45, 2.75) is 25.3 Å². The minimum absolute atomic E-state index is 0.139. The van der Waals surface area contributed by atoms with Gasteiger partial charge in [0.1, 0.15) is 5.82 Å². The number of nitrogens with zero attached hydrogens (tertiary/aromatic N) is 5. The SMILES string of the molecule is C[C@@H]1CN(c2ncccc2C(F)(F)F)CCN1c1nc2c(-c3ccc(N(C)C)cc3)cc(C(F)(F)F)cc2[nH]1. The summed E-state index contributed by atoms with van der Waals surface area (Å²) in [6.07, 6.45) is -7.78. The smallest absolute Gasteiger partial charge is 0.378 e. The summed E-state index contributed by atoms with van der Waals surface area (Å²) in [5, 5.41) is 0. The van der Waals surface area contributed by atoms with Crippen molar-refractivity contribution in [3.05, 3.63) is 65.9 Å². The van der Waals surface area contributed by atoms with Gasteiger partial charge in [-0.1, -0.05) is 12.1 Å². The molecule has 12 heteroatoms. The number of fused-ring (bicyclic) bond motifs is 1. The van der Waals surface area contributed by atoms with Gasteiger partial charge in [0.05, 0.1) is 22.2 Å². The van der Waals surface area contributed by atoms with Gasteiger partial charge in [-0.15, -0.1) is 0 Å². The Labute approximate surface area is 220 Å². The summed E-state index contributed by atoms with van der Waals surface area (Å²) in [4.78, 5) is 17.0. The molecule has 1 aliphatic rings. The molecule has 0 radical (unpaired) electrons. The Bertz CT molecular complexity index is 1480. The fourth-order valence-corrected chi connectivity index (χ4v) is 4.90. The molecule has 1 aliphatic heterocycles. The normalized spacial score (nSPS) is 16.7. The molecule has 1 N–H and O–H groups in total. The summed E-state index contributed by atoms with van der Waals surface area (Å²) in [5.74, 6) is 0.221. The first-order chi connectivity index (χ1) is 18.3. The predicted octanol–water partition coefficient (Wildman–Crippen LogP) is 6.44. The number of aromatic amines is 1. The van der Waals surface area contributed by atoms with Crippen molar-refractivity contribution in [2.75, 3.05) is 48.4 Å². The second-order valence-electron chi connectivity index (χ2n) is 9.78. The molecule has 0 bridgehead atoms. The van der Waals surface area contributed by atoms with Gasteiger partial charge in [0.2, 0.25) is 5.95 Å². The van der Waals surface area contributed by atoms with Crippen LogP contribution in [0.15, 0.2) is 54.7 Å². The van der Waals surface area contributed by atoms with E-state index in [9.17, 15) is 26.3 Å². The number of benzene rings is 2. The van der Waals surface area contributed by atoms with Crippen LogP contribution in [0.2, 0.25) is 0 Å². The number of halogens is 6. The van der Waals surface area contributed by atoms with E-state index in [1.54, 1.807) is 17.0 Å². The van der Waals surface area contributed by atoms with Crippen LogP contribution in [0.1, 0.15) is 18.1 Å². The van der Waals surface area contributed by atoms with E-state index >= 15 is 0 Å². The Morgan fingerprint density at radius 3 is 2.28 bits per heavy atom. The fraction of sp³-hybridized carbons (Fsp3) is 0.333. The third-order valence-corrected chi connectivity index (χ3v) is 6.89. The molecular formula is C27H26F6N6. The molecule has 206 valence electrons. The van der Waals surface area contributed by atoms with E-state index in [1.165, 1.54) is 12.3 Å². The molecule has 39 heavy (non-hydrogen) atoms. The lowest BCUT2D eigenvalue weighted by Crippen LogP contribution is -2.53. The summed E-state index contributed by atoms with van der Waals surface area (Å²) >= 11 is 0. The maximum Gasteiger partial charge on any atom is 0.419 e. The van der Waals surface area contributed by atoms with Gasteiger partial charge in [-0.2, -0.15) is 26.3 Å². The first-order valence-electron chi connectivity index (χ1n) is 12.3. The molecule has 0 amide bonds. The minimum Gasteiger partial charge on any atom is -0.378 e. The number of rotatable bonds is 4. The molecular weight excluding hydrogens is 522 g/mol. The van der Waals surface area contributed by atoms with Crippen LogP contribution in [0.3, 0.4) is 0 Å². The van der Waals surface area contributed by atoms with Crippen molar-refractivity contribution in [3.8, 4) is 11.1 Å². The van der Waals surface area contributed by atoms with Gasteiger partial charge in [0.15, 0.2) is 0 Å². The lowest BCUT2D eigenvalue weighted by molar-refractivity contribution is -0.138. The summed E-state index contributed by atoms with van der Waals surface area (Å²) < 4.78 is 82.0. The van der Waals surface area contributed by atoms with Crippen LogP contribution in [-0.2, 0) is 12.4 Å². The second-order valence-corrected chi connectivity index (χ2v) is 9.78. The zero-order chi connectivity index (χ0) is 28.1. The summed E-state index contributed by atoms with van der Waals surface area (Å²) in [6, 6.07) is 11.2. The number of alkyl halides is 6. The molecule has 4 aromatic rings. The van der Waals surface area contributed by atoms with Crippen molar-refractivity contribution >= 4 is 28.5 Å². The van der Waals surface area contributed by atoms with Gasteiger partial charge in [-0.3, -0.25) is 0 Å². The van der Waals surface area contributed by atoms with E-state index in [4.69, 9.17) is 0 Å². The zero-order valence-corrected chi connectivity index (χ0v) is 21.4. The van der Waals surface area contributed by atoms with Crippen molar-refractivity contribution in [2.24, 2.45) is 0 Å². The third kappa shape index (κ3) is 5.19. The van der Waals surface area contributed by atoms with E-state index in [0.717, 1.165) is 23.9 Å². The van der Waals surface area contributed by atoms with E-state index in [-0.39, 0.29) is 30.5 Å². The average molecular weight is 549 g/mol. The van der Waals surface area contributed by atoms with Gasteiger partial charge < -0.3 is 19.7 Å². The Hall–Kier alpha value is -3.96. The number of piperazine rings is 1. The lowest BCUT2D eigenvalue weighted by atomic mass is 10.0. The molecule has 3 heterocycles. The van der Waals surface area contributed by atoms with Crippen LogP contribution < -0.4 is 14.7 Å². The van der Waals surface area contributed by atoms with E-state index in [0.29, 0.717) is 29.1 Å². The highest BCUT2D eigenvalue weighted by atomic mass is 19.4. The molecule has 6 nitrogen and oxygen atoms in total. The van der Waals surface area contributed by atoms with Crippen LogP contribution in [0.5, 0.6) is 0 Å². The van der Waals surface area contributed by atoms with Gasteiger partial charge in [0.25, 0.3) is 0 Å². The predicted molar refractivity (Wildman–Crippen MR) is 139 cm³/mol. The van der Waals surface area contributed by atoms with Gasteiger partial charge >= 0.3 is 12.4 Å². The summed E-state index contributed by atoms with van der Waals surface area (Å²) in [7, 11) is 3.74. The molecule has 1 saturated heterocycles. The van der Waals surface area contributed by atoms with Gasteiger partial charge in [-0.25, -0.2) is 9.97 Å². The van der Waals surface area contributed by atoms with E-state index < -0.39 is 23.5 Å². The first kappa shape index (κ1) is 26.6. The summed E-state index contributed by atoms with van der Waals surface area (Å²) in [6.45, 7) is 2.59. The number of nitrogens with one attached hydrogen (secondary N) is 1. The molecule has 2 aromatic carbocycles. The first-order valence-corrected chi connectivity index (χ1v) is 12.3. The number of hydrogen-bond donors (Lipinski definition) is 1. The molecule has 0 aliphatic carbocycles.